The van der Waals surface area contributed by atoms with Crippen LogP contribution in [0, 0.1) is 0 Å². The van der Waals surface area contributed by atoms with Crippen molar-refractivity contribution in [3.8, 4) is 11.3 Å². The van der Waals surface area contributed by atoms with E-state index in [4.69, 9.17) is 0 Å². The monoisotopic (exact) mass is 395 g/mol. The molecule has 0 unspecified atom stereocenters. The Bertz CT molecular complexity index is 1130. The SMILES string of the molecule is O=C(Nc1cccc(-c2cc3ccccc3[nH]2)c1)[C@@H]1CCCN1Cc1ccccc1. The molecule has 0 saturated carbocycles. The van der Waals surface area contributed by atoms with Crippen LogP contribution in [-0.4, -0.2) is 28.4 Å². The molecule has 1 aliphatic heterocycles. The molecule has 0 spiro atoms. The number of aromatic nitrogens is 1. The van der Waals surface area contributed by atoms with E-state index in [0.29, 0.717) is 0 Å². The Labute approximate surface area is 176 Å². The summed E-state index contributed by atoms with van der Waals surface area (Å²) in [5, 5.41) is 4.33. The number of carbonyl (C=O) groups excluding carboxylic acids is 1. The molecule has 4 nitrogen and oxygen atoms in total. The zero-order valence-electron chi connectivity index (χ0n) is 16.8. The number of H-pyrrole nitrogens is 1. The van der Waals surface area contributed by atoms with E-state index in [0.717, 1.165) is 48.4 Å². The Morgan fingerprint density at radius 2 is 1.80 bits per heavy atom. The van der Waals surface area contributed by atoms with Gasteiger partial charge in [-0.25, -0.2) is 0 Å². The second-order valence-corrected chi connectivity index (χ2v) is 7.95. The lowest BCUT2D eigenvalue weighted by atomic mass is 10.1. The number of hydrogen-bond acceptors (Lipinski definition) is 2. The first-order chi connectivity index (χ1) is 14.8. The van der Waals surface area contributed by atoms with E-state index in [1.807, 2.05) is 36.4 Å². The van der Waals surface area contributed by atoms with Crippen LogP contribution in [0.4, 0.5) is 5.69 Å². The van der Waals surface area contributed by atoms with Crippen molar-refractivity contribution in [1.82, 2.24) is 9.88 Å². The van der Waals surface area contributed by atoms with E-state index in [9.17, 15) is 4.79 Å². The highest BCUT2D eigenvalue weighted by Crippen LogP contribution is 2.27. The molecule has 4 aromatic rings. The van der Waals surface area contributed by atoms with Crippen molar-refractivity contribution in [2.45, 2.75) is 25.4 Å². The van der Waals surface area contributed by atoms with Crippen LogP contribution in [0.1, 0.15) is 18.4 Å². The van der Waals surface area contributed by atoms with Gasteiger partial charge in [0, 0.05) is 34.4 Å². The van der Waals surface area contributed by atoms with Gasteiger partial charge in [0.25, 0.3) is 0 Å². The lowest BCUT2D eigenvalue weighted by Crippen LogP contribution is -2.39. The molecule has 0 aliphatic carbocycles. The van der Waals surface area contributed by atoms with Gasteiger partial charge in [0.1, 0.15) is 0 Å². The van der Waals surface area contributed by atoms with Gasteiger partial charge in [-0.1, -0.05) is 60.7 Å². The van der Waals surface area contributed by atoms with E-state index >= 15 is 0 Å². The number of fused-ring (bicyclic) bond motifs is 1. The van der Waals surface area contributed by atoms with Crippen LogP contribution in [0.3, 0.4) is 0 Å². The number of carbonyl (C=O) groups is 1. The van der Waals surface area contributed by atoms with Crippen LogP contribution in [0.2, 0.25) is 0 Å². The maximum atomic E-state index is 13.0. The number of nitrogens with zero attached hydrogens (tertiary/aromatic N) is 1. The minimum Gasteiger partial charge on any atom is -0.355 e. The Balaban J connectivity index is 1.31. The van der Waals surface area contributed by atoms with Gasteiger partial charge in [0.2, 0.25) is 5.91 Å². The molecule has 1 saturated heterocycles. The summed E-state index contributed by atoms with van der Waals surface area (Å²) in [4.78, 5) is 18.8. The number of aromatic amines is 1. The zero-order valence-corrected chi connectivity index (χ0v) is 16.8. The van der Waals surface area contributed by atoms with Crippen molar-refractivity contribution >= 4 is 22.5 Å². The van der Waals surface area contributed by atoms with Gasteiger partial charge in [-0.15, -0.1) is 0 Å². The predicted octanol–water partition coefficient (Wildman–Crippen LogP) is 5.44. The van der Waals surface area contributed by atoms with Crippen LogP contribution >= 0.6 is 0 Å². The van der Waals surface area contributed by atoms with Gasteiger partial charge in [-0.2, -0.15) is 0 Å². The first-order valence-electron chi connectivity index (χ1n) is 10.5. The summed E-state index contributed by atoms with van der Waals surface area (Å²) in [6.45, 7) is 1.77. The molecular formula is C26H25N3O. The summed E-state index contributed by atoms with van der Waals surface area (Å²) in [6.07, 6.45) is 1.96. The van der Waals surface area contributed by atoms with Crippen molar-refractivity contribution < 1.29 is 4.79 Å². The minimum absolute atomic E-state index is 0.0808. The molecular weight excluding hydrogens is 370 g/mol. The van der Waals surface area contributed by atoms with E-state index in [2.05, 4.69) is 63.7 Å². The van der Waals surface area contributed by atoms with Crippen molar-refractivity contribution in [3.63, 3.8) is 0 Å². The average Bonchev–Trinajstić information content (AvgIpc) is 3.41. The number of likely N-dealkylation sites (tertiary alicyclic amines) is 1. The highest BCUT2D eigenvalue weighted by molar-refractivity contribution is 5.96. The summed E-state index contributed by atoms with van der Waals surface area (Å²) >= 11 is 0. The van der Waals surface area contributed by atoms with Crippen molar-refractivity contribution in [2.24, 2.45) is 0 Å². The molecule has 0 bridgehead atoms. The molecule has 1 atom stereocenters. The van der Waals surface area contributed by atoms with Gasteiger partial charge in [0.15, 0.2) is 0 Å². The Kier molecular flexibility index (Phi) is 5.08. The molecule has 1 aromatic heterocycles. The normalized spacial score (nSPS) is 16.7. The molecule has 4 heteroatoms. The lowest BCUT2D eigenvalue weighted by Gasteiger charge is -2.23. The topological polar surface area (TPSA) is 48.1 Å². The Morgan fingerprint density at radius 1 is 0.967 bits per heavy atom. The second kappa shape index (κ2) is 8.17. The molecule has 2 heterocycles. The third-order valence-electron chi connectivity index (χ3n) is 5.87. The molecule has 1 aliphatic rings. The number of nitrogens with one attached hydrogen (secondary N) is 2. The summed E-state index contributed by atoms with van der Waals surface area (Å²) in [5.74, 6) is 0.0808. The fourth-order valence-corrected chi connectivity index (χ4v) is 4.35. The zero-order chi connectivity index (χ0) is 20.3. The minimum atomic E-state index is -0.0815. The van der Waals surface area contributed by atoms with Crippen molar-refractivity contribution in [1.29, 1.82) is 0 Å². The number of benzene rings is 3. The molecule has 0 radical (unpaired) electrons. The predicted molar refractivity (Wildman–Crippen MR) is 122 cm³/mol. The molecule has 150 valence electrons. The molecule has 2 N–H and O–H groups in total. The molecule has 3 aromatic carbocycles. The average molecular weight is 396 g/mol. The number of anilines is 1. The van der Waals surface area contributed by atoms with Crippen molar-refractivity contribution in [2.75, 3.05) is 11.9 Å². The molecule has 1 amide bonds. The highest BCUT2D eigenvalue weighted by Gasteiger charge is 2.30. The Morgan fingerprint density at radius 3 is 2.67 bits per heavy atom. The first kappa shape index (κ1) is 18.6. The standard InChI is InChI=1S/C26H25N3O/c30-26(25-14-7-15-29(25)18-19-8-2-1-3-9-19)27-22-12-6-11-20(16-22)24-17-21-10-4-5-13-23(21)28-24/h1-6,8-13,16-17,25,28H,7,14-15,18H2,(H,27,30)/t25-/m0/s1. The highest BCUT2D eigenvalue weighted by atomic mass is 16.2. The van der Waals surface area contributed by atoms with E-state index < -0.39 is 0 Å². The summed E-state index contributed by atoms with van der Waals surface area (Å²) in [7, 11) is 0. The van der Waals surface area contributed by atoms with E-state index in [1.54, 1.807) is 0 Å². The number of rotatable bonds is 5. The van der Waals surface area contributed by atoms with Gasteiger partial charge in [-0.3, -0.25) is 9.69 Å². The lowest BCUT2D eigenvalue weighted by molar-refractivity contribution is -0.120. The van der Waals surface area contributed by atoms with Crippen LogP contribution in [0.5, 0.6) is 0 Å². The third kappa shape index (κ3) is 3.87. The molecule has 1 fully saturated rings. The maximum Gasteiger partial charge on any atom is 0.241 e. The smallest absolute Gasteiger partial charge is 0.241 e. The maximum absolute atomic E-state index is 13.0. The quantitative estimate of drug-likeness (QED) is 0.473. The summed E-state index contributed by atoms with van der Waals surface area (Å²) in [6, 6.07) is 28.7. The van der Waals surface area contributed by atoms with Crippen LogP contribution in [0.15, 0.2) is 84.9 Å². The summed E-state index contributed by atoms with van der Waals surface area (Å²) in [5.41, 5.74) is 5.32. The fraction of sp³-hybridized carbons (Fsp3) is 0.192. The number of amides is 1. The van der Waals surface area contributed by atoms with E-state index in [-0.39, 0.29) is 11.9 Å². The van der Waals surface area contributed by atoms with E-state index in [1.165, 1.54) is 10.9 Å². The number of para-hydroxylation sites is 1. The van der Waals surface area contributed by atoms with Gasteiger partial charge in [0.05, 0.1) is 6.04 Å². The second-order valence-electron chi connectivity index (χ2n) is 7.95. The fourth-order valence-electron chi connectivity index (χ4n) is 4.35. The molecule has 5 rings (SSSR count). The molecule has 30 heavy (non-hydrogen) atoms. The third-order valence-corrected chi connectivity index (χ3v) is 5.87. The van der Waals surface area contributed by atoms with Gasteiger partial charge >= 0.3 is 0 Å². The van der Waals surface area contributed by atoms with Crippen LogP contribution in [0.25, 0.3) is 22.2 Å². The first-order valence-corrected chi connectivity index (χ1v) is 10.5. The summed E-state index contributed by atoms with van der Waals surface area (Å²) < 4.78 is 0. The van der Waals surface area contributed by atoms with Crippen LogP contribution < -0.4 is 5.32 Å². The van der Waals surface area contributed by atoms with Crippen molar-refractivity contribution in [3.05, 3.63) is 90.5 Å². The van der Waals surface area contributed by atoms with Gasteiger partial charge in [-0.05, 0) is 49.2 Å². The van der Waals surface area contributed by atoms with Crippen LogP contribution in [-0.2, 0) is 11.3 Å². The van der Waals surface area contributed by atoms with Gasteiger partial charge < -0.3 is 10.3 Å². The largest absolute Gasteiger partial charge is 0.355 e. The number of hydrogen-bond donors (Lipinski definition) is 2. The Hall–Kier alpha value is -3.37.